The molecule has 104 valence electrons. The molecule has 0 bridgehead atoms. The average Bonchev–Trinajstić information content (AvgIpc) is 2.34. The number of halogens is 1. The maximum absolute atomic E-state index is 11.7. The second-order valence-electron chi connectivity index (χ2n) is 4.59. The van der Waals surface area contributed by atoms with Gasteiger partial charge in [-0.3, -0.25) is 9.59 Å². The summed E-state index contributed by atoms with van der Waals surface area (Å²) in [6, 6.07) is 6.84. The minimum absolute atomic E-state index is 0.00995. The first kappa shape index (κ1) is 15.5. The Balaban J connectivity index is 2.24. The molecule has 0 aliphatic carbocycles. The zero-order valence-corrected chi connectivity index (χ0v) is 12.0. The lowest BCUT2D eigenvalue weighted by Crippen LogP contribution is -2.31. The van der Waals surface area contributed by atoms with Crippen molar-refractivity contribution in [2.24, 2.45) is 0 Å². The zero-order valence-electron chi connectivity index (χ0n) is 11.2. The normalized spacial score (nSPS) is 10.3. The van der Waals surface area contributed by atoms with Gasteiger partial charge in [-0.1, -0.05) is 11.6 Å². The highest BCUT2D eigenvalue weighted by Gasteiger charge is 2.06. The minimum Gasteiger partial charge on any atom is -0.354 e. The van der Waals surface area contributed by atoms with Gasteiger partial charge in [-0.2, -0.15) is 0 Å². The van der Waals surface area contributed by atoms with Crippen LogP contribution in [0.2, 0.25) is 5.02 Å². The topological polar surface area (TPSA) is 58.2 Å². The largest absolute Gasteiger partial charge is 0.354 e. The van der Waals surface area contributed by atoms with Crippen LogP contribution < -0.4 is 10.6 Å². The van der Waals surface area contributed by atoms with E-state index in [0.29, 0.717) is 30.0 Å². The van der Waals surface area contributed by atoms with Gasteiger partial charge in [0.25, 0.3) is 5.91 Å². The quantitative estimate of drug-likeness (QED) is 0.787. The number of carbonyl (C=O) groups is 2. The molecule has 1 rings (SSSR count). The highest BCUT2D eigenvalue weighted by atomic mass is 35.5. The second kappa shape index (κ2) is 7.79. The molecule has 2 amide bonds. The highest BCUT2D eigenvalue weighted by Crippen LogP contribution is 2.09. The summed E-state index contributed by atoms with van der Waals surface area (Å²) in [6.45, 7) is 4.31. The SMILES string of the molecule is CC(C)NC(=O)CCCNC(=O)c1ccc(Cl)cc1. The van der Waals surface area contributed by atoms with Gasteiger partial charge in [0.2, 0.25) is 5.91 Å². The molecule has 0 aliphatic heterocycles. The molecule has 0 aromatic heterocycles. The lowest BCUT2D eigenvalue weighted by atomic mass is 10.2. The second-order valence-corrected chi connectivity index (χ2v) is 5.02. The Hall–Kier alpha value is -1.55. The van der Waals surface area contributed by atoms with Crippen LogP contribution in [0.3, 0.4) is 0 Å². The van der Waals surface area contributed by atoms with Crippen LogP contribution in [0.25, 0.3) is 0 Å². The Morgan fingerprint density at radius 1 is 1.21 bits per heavy atom. The first-order chi connectivity index (χ1) is 8.99. The molecule has 1 aromatic carbocycles. The van der Waals surface area contributed by atoms with Crippen molar-refractivity contribution in [3.05, 3.63) is 34.9 Å². The average molecular weight is 283 g/mol. The zero-order chi connectivity index (χ0) is 14.3. The van der Waals surface area contributed by atoms with Crippen molar-refractivity contribution in [1.82, 2.24) is 10.6 Å². The molecule has 0 fully saturated rings. The van der Waals surface area contributed by atoms with E-state index in [0.717, 1.165) is 0 Å². The molecule has 0 spiro atoms. The van der Waals surface area contributed by atoms with E-state index in [2.05, 4.69) is 10.6 Å². The van der Waals surface area contributed by atoms with Crippen LogP contribution in [0.5, 0.6) is 0 Å². The molecule has 0 aliphatic rings. The number of amides is 2. The van der Waals surface area contributed by atoms with Gasteiger partial charge < -0.3 is 10.6 Å². The molecular formula is C14H19ClN2O2. The van der Waals surface area contributed by atoms with Crippen molar-refractivity contribution in [2.45, 2.75) is 32.7 Å². The van der Waals surface area contributed by atoms with Crippen molar-refractivity contribution in [1.29, 1.82) is 0 Å². The van der Waals surface area contributed by atoms with E-state index in [4.69, 9.17) is 11.6 Å². The van der Waals surface area contributed by atoms with Crippen LogP contribution in [0.15, 0.2) is 24.3 Å². The van der Waals surface area contributed by atoms with Crippen LogP contribution in [-0.4, -0.2) is 24.4 Å². The smallest absolute Gasteiger partial charge is 0.251 e. The van der Waals surface area contributed by atoms with E-state index < -0.39 is 0 Å². The summed E-state index contributed by atoms with van der Waals surface area (Å²) >= 11 is 5.74. The van der Waals surface area contributed by atoms with Crippen LogP contribution in [0.1, 0.15) is 37.0 Å². The molecule has 0 saturated heterocycles. The number of nitrogens with one attached hydrogen (secondary N) is 2. The Labute approximate surface area is 118 Å². The molecule has 2 N–H and O–H groups in total. The third-order valence-corrected chi connectivity index (χ3v) is 2.67. The van der Waals surface area contributed by atoms with E-state index in [1.165, 1.54) is 0 Å². The predicted molar refractivity (Wildman–Crippen MR) is 76.3 cm³/mol. The maximum atomic E-state index is 11.7. The van der Waals surface area contributed by atoms with Gasteiger partial charge in [0.15, 0.2) is 0 Å². The number of hydrogen-bond donors (Lipinski definition) is 2. The summed E-state index contributed by atoms with van der Waals surface area (Å²) in [6.07, 6.45) is 1.04. The third-order valence-electron chi connectivity index (χ3n) is 2.42. The van der Waals surface area contributed by atoms with Crippen LogP contribution >= 0.6 is 11.6 Å². The third kappa shape index (κ3) is 6.25. The maximum Gasteiger partial charge on any atom is 0.251 e. The minimum atomic E-state index is -0.152. The van der Waals surface area contributed by atoms with Crippen molar-refractivity contribution in [3.63, 3.8) is 0 Å². The molecule has 0 heterocycles. The van der Waals surface area contributed by atoms with Crippen molar-refractivity contribution >= 4 is 23.4 Å². The first-order valence-corrected chi connectivity index (χ1v) is 6.70. The number of hydrogen-bond acceptors (Lipinski definition) is 2. The monoisotopic (exact) mass is 282 g/mol. The van der Waals surface area contributed by atoms with Gasteiger partial charge in [0.1, 0.15) is 0 Å². The van der Waals surface area contributed by atoms with E-state index >= 15 is 0 Å². The van der Waals surface area contributed by atoms with E-state index in [-0.39, 0.29) is 17.9 Å². The van der Waals surface area contributed by atoms with Crippen molar-refractivity contribution in [2.75, 3.05) is 6.54 Å². The summed E-state index contributed by atoms with van der Waals surface area (Å²) in [7, 11) is 0. The Morgan fingerprint density at radius 2 is 1.84 bits per heavy atom. The lowest BCUT2D eigenvalue weighted by Gasteiger charge is -2.08. The van der Waals surface area contributed by atoms with Crippen LogP contribution in [0.4, 0.5) is 0 Å². The fraction of sp³-hybridized carbons (Fsp3) is 0.429. The molecule has 0 saturated carbocycles. The Kier molecular flexibility index (Phi) is 6.36. The molecule has 0 unspecified atom stereocenters. The number of rotatable bonds is 6. The fourth-order valence-electron chi connectivity index (χ4n) is 1.55. The van der Waals surface area contributed by atoms with Gasteiger partial charge in [0, 0.05) is 29.6 Å². The number of benzene rings is 1. The summed E-state index contributed by atoms with van der Waals surface area (Å²) in [4.78, 5) is 23.1. The predicted octanol–water partition coefficient (Wildman–Crippen LogP) is 2.37. The molecule has 4 nitrogen and oxygen atoms in total. The molecule has 19 heavy (non-hydrogen) atoms. The number of carbonyl (C=O) groups excluding carboxylic acids is 2. The van der Waals surface area contributed by atoms with Gasteiger partial charge in [-0.05, 0) is 44.5 Å². The van der Waals surface area contributed by atoms with Crippen molar-refractivity contribution < 1.29 is 9.59 Å². The molecule has 0 atom stereocenters. The molecular weight excluding hydrogens is 264 g/mol. The van der Waals surface area contributed by atoms with E-state index in [1.54, 1.807) is 24.3 Å². The van der Waals surface area contributed by atoms with Crippen LogP contribution in [0, 0.1) is 0 Å². The van der Waals surface area contributed by atoms with Crippen molar-refractivity contribution in [3.8, 4) is 0 Å². The van der Waals surface area contributed by atoms with Gasteiger partial charge in [0.05, 0.1) is 0 Å². The standard InChI is InChI=1S/C14H19ClN2O2/c1-10(2)17-13(18)4-3-9-16-14(19)11-5-7-12(15)8-6-11/h5-8,10H,3-4,9H2,1-2H3,(H,16,19)(H,17,18). The summed E-state index contributed by atoms with van der Waals surface area (Å²) < 4.78 is 0. The van der Waals surface area contributed by atoms with E-state index in [1.807, 2.05) is 13.8 Å². The van der Waals surface area contributed by atoms with Gasteiger partial charge in [-0.15, -0.1) is 0 Å². The van der Waals surface area contributed by atoms with Gasteiger partial charge >= 0.3 is 0 Å². The highest BCUT2D eigenvalue weighted by molar-refractivity contribution is 6.30. The summed E-state index contributed by atoms with van der Waals surface area (Å²) in [5.41, 5.74) is 0.566. The molecule has 5 heteroatoms. The lowest BCUT2D eigenvalue weighted by molar-refractivity contribution is -0.121. The molecule has 0 radical (unpaired) electrons. The van der Waals surface area contributed by atoms with Gasteiger partial charge in [-0.25, -0.2) is 0 Å². The molecule has 1 aromatic rings. The summed E-state index contributed by atoms with van der Waals surface area (Å²) in [5.74, 6) is -0.142. The fourth-order valence-corrected chi connectivity index (χ4v) is 1.67. The summed E-state index contributed by atoms with van der Waals surface area (Å²) in [5, 5.41) is 6.17. The Morgan fingerprint density at radius 3 is 2.42 bits per heavy atom. The first-order valence-electron chi connectivity index (χ1n) is 6.32. The van der Waals surface area contributed by atoms with E-state index in [9.17, 15) is 9.59 Å². The van der Waals surface area contributed by atoms with Crippen LogP contribution in [-0.2, 0) is 4.79 Å². The Bertz CT molecular complexity index is 430.